The van der Waals surface area contributed by atoms with E-state index in [-0.39, 0.29) is 5.75 Å². The Morgan fingerprint density at radius 3 is 2.50 bits per heavy atom. The molecule has 0 heterocycles. The van der Waals surface area contributed by atoms with Crippen molar-refractivity contribution < 1.29 is 8.42 Å². The Balaban J connectivity index is 2.94. The number of anilines is 1. The predicted octanol–water partition coefficient (Wildman–Crippen LogP) is 2.21. The predicted molar refractivity (Wildman–Crippen MR) is 76.3 cm³/mol. The molecule has 0 amide bonds. The summed E-state index contributed by atoms with van der Waals surface area (Å²) in [6.45, 7) is 4.56. The van der Waals surface area contributed by atoms with Gasteiger partial charge in [0.1, 0.15) is 0 Å². The highest BCUT2D eigenvalue weighted by Gasteiger charge is 2.11. The fourth-order valence-electron chi connectivity index (χ4n) is 1.73. The van der Waals surface area contributed by atoms with Crippen LogP contribution in [0.15, 0.2) is 18.2 Å². The Bertz CT molecular complexity index is 496. The minimum atomic E-state index is -3.22. The number of benzene rings is 1. The van der Waals surface area contributed by atoms with E-state index < -0.39 is 10.0 Å². The zero-order chi connectivity index (χ0) is 13.8. The van der Waals surface area contributed by atoms with Crippen LogP contribution < -0.4 is 4.72 Å². The topological polar surface area (TPSA) is 49.4 Å². The van der Waals surface area contributed by atoms with Gasteiger partial charge in [0.15, 0.2) is 0 Å². The third kappa shape index (κ3) is 4.66. The van der Waals surface area contributed by atoms with Crippen LogP contribution in [0, 0.1) is 6.92 Å². The summed E-state index contributed by atoms with van der Waals surface area (Å²) >= 11 is 0. The molecule has 4 nitrogen and oxygen atoms in total. The first kappa shape index (κ1) is 15.0. The van der Waals surface area contributed by atoms with E-state index in [1.165, 1.54) is 0 Å². The van der Waals surface area contributed by atoms with Gasteiger partial charge in [0.25, 0.3) is 0 Å². The van der Waals surface area contributed by atoms with Gasteiger partial charge in [0.05, 0.1) is 11.4 Å². The van der Waals surface area contributed by atoms with Gasteiger partial charge in [-0.1, -0.05) is 19.1 Å². The number of hydrogen-bond donors (Lipinski definition) is 1. The van der Waals surface area contributed by atoms with Crippen molar-refractivity contribution in [2.75, 3.05) is 24.6 Å². The summed E-state index contributed by atoms with van der Waals surface area (Å²) in [7, 11) is 0.758. The van der Waals surface area contributed by atoms with Crippen molar-refractivity contribution >= 4 is 15.7 Å². The summed E-state index contributed by atoms with van der Waals surface area (Å²) in [6.07, 6.45) is 0.617. The number of sulfonamides is 1. The first-order valence-corrected chi connectivity index (χ1v) is 7.74. The highest BCUT2D eigenvalue weighted by atomic mass is 32.2. The summed E-state index contributed by atoms with van der Waals surface area (Å²) < 4.78 is 26.2. The minimum Gasteiger partial charge on any atom is -0.305 e. The maximum Gasteiger partial charge on any atom is 0.232 e. The molecule has 1 aromatic rings. The summed E-state index contributed by atoms with van der Waals surface area (Å²) in [5.41, 5.74) is 2.72. The molecular weight excluding hydrogens is 248 g/mol. The van der Waals surface area contributed by atoms with Crippen LogP contribution in [0.25, 0.3) is 0 Å². The molecule has 0 atom stereocenters. The van der Waals surface area contributed by atoms with Gasteiger partial charge in [-0.05, 0) is 44.6 Å². The van der Waals surface area contributed by atoms with Crippen molar-refractivity contribution in [3.8, 4) is 0 Å². The van der Waals surface area contributed by atoms with Gasteiger partial charge < -0.3 is 4.90 Å². The Kier molecular flexibility index (Phi) is 5.16. The van der Waals surface area contributed by atoms with Crippen molar-refractivity contribution in [1.29, 1.82) is 0 Å². The quantitative estimate of drug-likeness (QED) is 0.862. The third-order valence-corrected chi connectivity index (χ3v) is 4.02. The normalized spacial score (nSPS) is 11.8. The Morgan fingerprint density at radius 2 is 1.94 bits per heavy atom. The first-order chi connectivity index (χ1) is 8.34. The molecule has 18 heavy (non-hydrogen) atoms. The van der Waals surface area contributed by atoms with Crippen LogP contribution in [0.1, 0.15) is 24.5 Å². The smallest absolute Gasteiger partial charge is 0.232 e. The van der Waals surface area contributed by atoms with Crippen LogP contribution in [0.3, 0.4) is 0 Å². The van der Waals surface area contributed by atoms with E-state index in [0.717, 1.165) is 17.7 Å². The van der Waals surface area contributed by atoms with Gasteiger partial charge in [-0.3, -0.25) is 4.72 Å². The maximum absolute atomic E-state index is 11.8. The molecule has 0 aliphatic heterocycles. The van der Waals surface area contributed by atoms with Crippen LogP contribution in [0.4, 0.5) is 5.69 Å². The van der Waals surface area contributed by atoms with Crippen molar-refractivity contribution in [2.45, 2.75) is 26.8 Å². The SMILES string of the molecule is CCCS(=O)(=O)Nc1cc(CN(C)C)ccc1C. The average Bonchev–Trinajstić information content (AvgIpc) is 2.21. The fraction of sp³-hybridized carbons (Fsp3) is 0.538. The average molecular weight is 270 g/mol. The van der Waals surface area contributed by atoms with Crippen molar-refractivity contribution in [3.63, 3.8) is 0 Å². The van der Waals surface area contributed by atoms with Crippen LogP contribution in [0.2, 0.25) is 0 Å². The summed E-state index contributed by atoms with van der Waals surface area (Å²) in [6, 6.07) is 5.87. The molecule has 0 fully saturated rings. The standard InChI is InChI=1S/C13H22N2O2S/c1-5-8-18(16,17)14-13-9-12(10-15(3)4)7-6-11(13)2/h6-7,9,14H,5,8,10H2,1-4H3. The van der Waals surface area contributed by atoms with Gasteiger partial charge in [0, 0.05) is 6.54 Å². The molecule has 0 saturated heterocycles. The lowest BCUT2D eigenvalue weighted by Crippen LogP contribution is -2.17. The number of nitrogens with one attached hydrogen (secondary N) is 1. The minimum absolute atomic E-state index is 0.157. The van der Waals surface area contributed by atoms with Gasteiger partial charge in [-0.2, -0.15) is 0 Å². The van der Waals surface area contributed by atoms with Crippen LogP contribution in [0.5, 0.6) is 0 Å². The lowest BCUT2D eigenvalue weighted by Gasteiger charge is -2.14. The molecule has 0 aliphatic carbocycles. The molecule has 1 N–H and O–H groups in total. The first-order valence-electron chi connectivity index (χ1n) is 6.09. The molecule has 0 aromatic heterocycles. The largest absolute Gasteiger partial charge is 0.305 e. The van der Waals surface area contributed by atoms with E-state index in [2.05, 4.69) is 9.62 Å². The van der Waals surface area contributed by atoms with E-state index in [1.807, 2.05) is 46.1 Å². The second-order valence-corrected chi connectivity index (χ2v) is 6.65. The molecule has 0 saturated carbocycles. The van der Waals surface area contributed by atoms with E-state index in [0.29, 0.717) is 12.1 Å². The molecule has 102 valence electrons. The molecule has 0 bridgehead atoms. The van der Waals surface area contributed by atoms with Crippen LogP contribution >= 0.6 is 0 Å². The number of aryl methyl sites for hydroxylation is 1. The fourth-order valence-corrected chi connectivity index (χ4v) is 2.92. The van der Waals surface area contributed by atoms with Crippen LogP contribution in [-0.2, 0) is 16.6 Å². The van der Waals surface area contributed by atoms with E-state index in [1.54, 1.807) is 0 Å². The molecule has 1 aromatic carbocycles. The van der Waals surface area contributed by atoms with Crippen molar-refractivity contribution in [3.05, 3.63) is 29.3 Å². The highest BCUT2D eigenvalue weighted by Crippen LogP contribution is 2.19. The molecule has 0 radical (unpaired) electrons. The summed E-state index contributed by atoms with van der Waals surface area (Å²) in [5.74, 6) is 0.157. The van der Waals surface area contributed by atoms with Crippen LogP contribution in [-0.4, -0.2) is 33.2 Å². The van der Waals surface area contributed by atoms with Crippen molar-refractivity contribution in [2.24, 2.45) is 0 Å². The molecule has 5 heteroatoms. The molecular formula is C13H22N2O2S. The Labute approximate surface area is 110 Å². The van der Waals surface area contributed by atoms with Gasteiger partial charge in [-0.15, -0.1) is 0 Å². The van der Waals surface area contributed by atoms with Crippen molar-refractivity contribution in [1.82, 2.24) is 4.90 Å². The number of nitrogens with zero attached hydrogens (tertiary/aromatic N) is 1. The Hall–Kier alpha value is -1.07. The summed E-state index contributed by atoms with van der Waals surface area (Å²) in [5, 5.41) is 0. The zero-order valence-electron chi connectivity index (χ0n) is 11.5. The second kappa shape index (κ2) is 6.20. The molecule has 0 spiro atoms. The molecule has 0 unspecified atom stereocenters. The number of hydrogen-bond acceptors (Lipinski definition) is 3. The Morgan fingerprint density at radius 1 is 1.28 bits per heavy atom. The third-order valence-electron chi connectivity index (χ3n) is 2.54. The lowest BCUT2D eigenvalue weighted by molar-refractivity contribution is 0.402. The molecule has 1 rings (SSSR count). The van der Waals surface area contributed by atoms with E-state index in [4.69, 9.17) is 0 Å². The highest BCUT2D eigenvalue weighted by molar-refractivity contribution is 7.92. The lowest BCUT2D eigenvalue weighted by atomic mass is 10.1. The van der Waals surface area contributed by atoms with Gasteiger partial charge in [-0.25, -0.2) is 8.42 Å². The maximum atomic E-state index is 11.8. The van der Waals surface area contributed by atoms with E-state index >= 15 is 0 Å². The molecule has 0 aliphatic rings. The van der Waals surface area contributed by atoms with E-state index in [9.17, 15) is 8.42 Å². The van der Waals surface area contributed by atoms with Gasteiger partial charge >= 0.3 is 0 Å². The number of rotatable bonds is 6. The monoisotopic (exact) mass is 270 g/mol. The zero-order valence-corrected chi connectivity index (χ0v) is 12.3. The van der Waals surface area contributed by atoms with Gasteiger partial charge in [0.2, 0.25) is 10.0 Å². The second-order valence-electron chi connectivity index (χ2n) is 4.81. The summed E-state index contributed by atoms with van der Waals surface area (Å²) in [4.78, 5) is 2.05.